The summed E-state index contributed by atoms with van der Waals surface area (Å²) in [6.07, 6.45) is 1.80. The Morgan fingerprint density at radius 3 is 2.47 bits per heavy atom. The van der Waals surface area contributed by atoms with Gasteiger partial charge in [-0.1, -0.05) is 50.0 Å². The average Bonchev–Trinajstić information content (AvgIpc) is 2.98. The zero-order valence-electron chi connectivity index (χ0n) is 19.3. The van der Waals surface area contributed by atoms with E-state index >= 15 is 4.39 Å². The van der Waals surface area contributed by atoms with Gasteiger partial charge in [0.05, 0.1) is 18.1 Å². The number of allylic oxidation sites excluding steroid dienone is 4. The van der Waals surface area contributed by atoms with Crippen molar-refractivity contribution in [1.29, 1.82) is 0 Å². The van der Waals surface area contributed by atoms with Crippen LogP contribution < -0.4 is 0 Å². The number of fused-ring (bicyclic) bond motifs is 5. The van der Waals surface area contributed by atoms with Crippen LogP contribution in [0.1, 0.15) is 40.0 Å². The van der Waals surface area contributed by atoms with Crippen LogP contribution in [0.2, 0.25) is 0 Å². The molecule has 0 bridgehead atoms. The second-order valence-electron chi connectivity index (χ2n) is 10.4. The van der Waals surface area contributed by atoms with E-state index < -0.39 is 68.1 Å². The van der Waals surface area contributed by atoms with E-state index in [1.54, 1.807) is 26.8 Å². The minimum Gasteiger partial charge on any atom is -0.466 e. The Kier molecular flexibility index (Phi) is 6.24. The fourth-order valence-corrected chi connectivity index (χ4v) is 8.15. The number of ketones is 1. The second-order valence-corrected chi connectivity index (χ2v) is 12.2. The van der Waals surface area contributed by atoms with Crippen molar-refractivity contribution in [2.24, 2.45) is 28.6 Å². The van der Waals surface area contributed by atoms with E-state index in [0.717, 1.165) is 0 Å². The van der Waals surface area contributed by atoms with Gasteiger partial charge in [-0.2, -0.15) is 0 Å². The monoisotopic (exact) mass is 536 g/mol. The Balaban J connectivity index is 1.88. The maximum absolute atomic E-state index is 15.6. The van der Waals surface area contributed by atoms with E-state index in [1.807, 2.05) is 0 Å². The summed E-state index contributed by atoms with van der Waals surface area (Å²) < 4.78 is 26.4. The summed E-state index contributed by atoms with van der Waals surface area (Å²) in [5.41, 5.74) is -3.82. The molecule has 4 aliphatic carbocycles. The summed E-state index contributed by atoms with van der Waals surface area (Å²) in [4.78, 5) is 35.0. The molecule has 0 unspecified atom stereocenters. The second kappa shape index (κ2) is 8.19. The van der Waals surface area contributed by atoms with Gasteiger partial charge >= 0.3 is 11.9 Å². The van der Waals surface area contributed by atoms with Gasteiger partial charge in [0.2, 0.25) is 10.4 Å². The first-order valence-corrected chi connectivity index (χ1v) is 12.5. The lowest BCUT2D eigenvalue weighted by Crippen LogP contribution is -2.70. The fraction of sp³-hybridized carbons (Fsp3) is 0.708. The molecule has 0 aliphatic heterocycles. The summed E-state index contributed by atoms with van der Waals surface area (Å²) in [7, 11) is 1.19. The largest absolute Gasteiger partial charge is 0.466 e. The zero-order chi connectivity index (χ0) is 25.4. The minimum absolute atomic E-state index is 0.0266. The van der Waals surface area contributed by atoms with Gasteiger partial charge in [0.15, 0.2) is 5.78 Å². The van der Waals surface area contributed by atoms with Crippen LogP contribution in [-0.2, 0) is 23.9 Å². The van der Waals surface area contributed by atoms with Crippen LogP contribution in [-0.4, -0.2) is 57.5 Å². The lowest BCUT2D eigenvalue weighted by molar-refractivity contribution is -0.214. The maximum atomic E-state index is 15.6. The molecule has 10 heteroatoms. The molecule has 0 saturated heterocycles. The van der Waals surface area contributed by atoms with Crippen LogP contribution in [0.3, 0.4) is 0 Å². The molecule has 3 saturated carbocycles. The van der Waals surface area contributed by atoms with Gasteiger partial charge in [0.25, 0.3) is 0 Å². The number of methoxy groups -OCH3 is 1. The molecule has 6 nitrogen and oxygen atoms in total. The number of alkyl halides is 4. The predicted octanol–water partition coefficient (Wildman–Crippen LogP) is 4.08. The van der Waals surface area contributed by atoms with Crippen molar-refractivity contribution in [2.75, 3.05) is 7.11 Å². The first-order chi connectivity index (χ1) is 15.7. The number of aliphatic hydroxyl groups excluding tert-OH is 1. The molecule has 9 atom stereocenters. The molecular formula is C24H28Cl3FO6. The van der Waals surface area contributed by atoms with Crippen LogP contribution in [0, 0.1) is 28.6 Å². The van der Waals surface area contributed by atoms with Crippen LogP contribution in [0.4, 0.5) is 4.39 Å². The number of aliphatic hydroxyl groups is 1. The van der Waals surface area contributed by atoms with Crippen molar-refractivity contribution < 1.29 is 33.4 Å². The summed E-state index contributed by atoms with van der Waals surface area (Å²) in [6, 6.07) is 0. The van der Waals surface area contributed by atoms with Gasteiger partial charge in [0, 0.05) is 16.7 Å². The molecule has 3 fully saturated rings. The zero-order valence-corrected chi connectivity index (χ0v) is 21.6. The first kappa shape index (κ1) is 25.9. The van der Waals surface area contributed by atoms with Gasteiger partial charge in [-0.3, -0.25) is 4.79 Å². The SMILES string of the molecule is COC(=O)[C@@]1(OC(=O)C(Cl)Cl)[C@H](C)C[C@H]2[C@@H]3C[C@H](F)C4=CC(=O)C=C[C@]4(C)[C@@]3(Cl)[C@@H](O)C[C@@]21C. The Bertz CT molecular complexity index is 999. The minimum atomic E-state index is -1.80. The van der Waals surface area contributed by atoms with Crippen LogP contribution >= 0.6 is 34.8 Å². The summed E-state index contributed by atoms with van der Waals surface area (Å²) in [5, 5.41) is 11.6. The molecule has 0 aromatic carbocycles. The van der Waals surface area contributed by atoms with Gasteiger partial charge in [0.1, 0.15) is 6.17 Å². The third kappa shape index (κ3) is 3.06. The number of hydrogen-bond acceptors (Lipinski definition) is 6. The van der Waals surface area contributed by atoms with Crippen LogP contribution in [0.15, 0.2) is 23.8 Å². The lowest BCUT2D eigenvalue weighted by Gasteiger charge is -2.64. The fourth-order valence-electron chi connectivity index (χ4n) is 7.57. The topological polar surface area (TPSA) is 89.9 Å². The van der Waals surface area contributed by atoms with Crippen LogP contribution in [0.5, 0.6) is 0 Å². The standard InChI is InChI=1S/C24H28Cl3FO6/c1-11-7-13-14-9-16(28)15-8-12(29)5-6-21(15,2)23(14,27)17(30)10-22(13,3)24(11,20(32)33-4)34-19(31)18(25)26/h5-6,8,11,13-14,16-18,30H,7,9-10H2,1-4H3/t11-,13+,14+,16+,17+,21+,22+,23+,24+/m1/s1. The number of rotatable bonds is 3. The Hall–Kier alpha value is -1.15. The highest BCUT2D eigenvalue weighted by Gasteiger charge is 2.78. The summed E-state index contributed by atoms with van der Waals surface area (Å²) >= 11 is 18.8. The number of carbonyl (C=O) groups is 3. The number of halogens is 4. The molecule has 1 N–H and O–H groups in total. The van der Waals surface area contributed by atoms with Gasteiger partial charge in [-0.25, -0.2) is 14.0 Å². The van der Waals surface area contributed by atoms with E-state index in [9.17, 15) is 19.5 Å². The molecule has 0 amide bonds. The van der Waals surface area contributed by atoms with Gasteiger partial charge in [-0.05, 0) is 48.8 Å². The van der Waals surface area contributed by atoms with E-state index in [4.69, 9.17) is 44.3 Å². The molecule has 0 heterocycles. The highest BCUT2D eigenvalue weighted by molar-refractivity contribution is 6.53. The average molecular weight is 538 g/mol. The van der Waals surface area contributed by atoms with E-state index in [1.165, 1.54) is 19.3 Å². The van der Waals surface area contributed by atoms with Gasteiger partial charge in [-0.15, -0.1) is 11.6 Å². The predicted molar refractivity (Wildman–Crippen MR) is 124 cm³/mol. The van der Waals surface area contributed by atoms with Crippen molar-refractivity contribution in [3.63, 3.8) is 0 Å². The molecule has 188 valence electrons. The van der Waals surface area contributed by atoms with Crippen molar-refractivity contribution in [1.82, 2.24) is 0 Å². The molecule has 34 heavy (non-hydrogen) atoms. The molecule has 0 radical (unpaired) electrons. The number of carbonyl (C=O) groups excluding carboxylic acids is 3. The number of ether oxygens (including phenoxy) is 2. The quantitative estimate of drug-likeness (QED) is 0.431. The van der Waals surface area contributed by atoms with Crippen LogP contribution in [0.25, 0.3) is 0 Å². The Labute approximate surface area is 212 Å². The van der Waals surface area contributed by atoms with E-state index in [0.29, 0.717) is 6.42 Å². The lowest BCUT2D eigenvalue weighted by atomic mass is 9.45. The van der Waals surface area contributed by atoms with Gasteiger partial charge < -0.3 is 14.6 Å². The molecule has 0 aromatic rings. The normalized spacial score (nSPS) is 47.4. The van der Waals surface area contributed by atoms with Crippen molar-refractivity contribution >= 4 is 52.5 Å². The van der Waals surface area contributed by atoms with E-state index in [2.05, 4.69) is 0 Å². The van der Waals surface area contributed by atoms with Crippen molar-refractivity contribution in [2.45, 2.75) is 67.6 Å². The molecule has 0 spiro atoms. The van der Waals surface area contributed by atoms with E-state index in [-0.39, 0.29) is 24.2 Å². The first-order valence-electron chi connectivity index (χ1n) is 11.3. The summed E-state index contributed by atoms with van der Waals surface area (Å²) in [5.74, 6) is -3.69. The molecular weight excluding hydrogens is 510 g/mol. The Morgan fingerprint density at radius 1 is 1.24 bits per heavy atom. The Morgan fingerprint density at radius 2 is 1.88 bits per heavy atom. The smallest absolute Gasteiger partial charge is 0.351 e. The van der Waals surface area contributed by atoms with Crippen molar-refractivity contribution in [3.8, 4) is 0 Å². The highest BCUT2D eigenvalue weighted by Crippen LogP contribution is 2.72. The third-order valence-corrected chi connectivity index (χ3v) is 10.4. The molecule has 4 aliphatic rings. The third-order valence-electron chi connectivity index (χ3n) is 9.10. The molecule has 4 rings (SSSR count). The summed E-state index contributed by atoms with van der Waals surface area (Å²) in [6.45, 7) is 5.22. The highest BCUT2D eigenvalue weighted by atomic mass is 35.5. The maximum Gasteiger partial charge on any atom is 0.351 e. The number of hydrogen-bond donors (Lipinski definition) is 1. The molecule has 0 aromatic heterocycles. The van der Waals surface area contributed by atoms with Crippen molar-refractivity contribution in [3.05, 3.63) is 23.8 Å². The number of esters is 2.